The Labute approximate surface area is 108 Å². The lowest BCUT2D eigenvalue weighted by atomic mass is 10.2. The van der Waals surface area contributed by atoms with Crippen LogP contribution in [0.5, 0.6) is 0 Å². The average Bonchev–Trinajstić information content (AvgIpc) is 2.18. The highest BCUT2D eigenvalue weighted by Crippen LogP contribution is 2.42. The number of halogens is 4. The monoisotopic (exact) mass is 329 g/mol. The minimum absolute atomic E-state index is 0.0226. The van der Waals surface area contributed by atoms with Crippen molar-refractivity contribution in [1.29, 1.82) is 0 Å². The van der Waals surface area contributed by atoms with Gasteiger partial charge in [-0.1, -0.05) is 6.92 Å². The highest BCUT2D eigenvalue weighted by Gasteiger charge is 2.36. The van der Waals surface area contributed by atoms with Gasteiger partial charge >= 0.3 is 6.18 Å². The second kappa shape index (κ2) is 5.26. The van der Waals surface area contributed by atoms with E-state index in [0.29, 0.717) is 11.8 Å². The Morgan fingerprint density at radius 3 is 2.47 bits per heavy atom. The number of alkyl halides is 3. The zero-order valence-corrected chi connectivity index (χ0v) is 10.9. The summed E-state index contributed by atoms with van der Waals surface area (Å²) in [5, 5.41) is 10.5. The molecule has 0 aromatic heterocycles. The predicted molar refractivity (Wildman–Crippen MR) is 62.2 cm³/mol. The van der Waals surface area contributed by atoms with Crippen LogP contribution in [0, 0.1) is 10.1 Å². The van der Waals surface area contributed by atoms with Gasteiger partial charge in [-0.25, -0.2) is 0 Å². The maximum atomic E-state index is 12.7. The van der Waals surface area contributed by atoms with Crippen LogP contribution in [0.3, 0.4) is 0 Å². The van der Waals surface area contributed by atoms with E-state index in [1.54, 1.807) is 6.92 Å². The number of nitro groups is 1. The molecule has 1 aromatic carbocycles. The summed E-state index contributed by atoms with van der Waals surface area (Å²) in [5.74, 6) is 0.444. The summed E-state index contributed by atoms with van der Waals surface area (Å²) in [5.41, 5.74) is -1.56. The molecular formula is C9H7BrF3NO2S. The third kappa shape index (κ3) is 3.35. The topological polar surface area (TPSA) is 43.1 Å². The first-order valence-corrected chi connectivity index (χ1v) is 6.23. The van der Waals surface area contributed by atoms with Crippen molar-refractivity contribution in [3.8, 4) is 0 Å². The molecule has 0 saturated carbocycles. The molecule has 0 radical (unpaired) electrons. The van der Waals surface area contributed by atoms with E-state index >= 15 is 0 Å². The number of nitro benzene ring substituents is 1. The number of rotatable bonds is 3. The maximum Gasteiger partial charge on any atom is 0.417 e. The highest BCUT2D eigenvalue weighted by atomic mass is 79.9. The fraction of sp³-hybridized carbons (Fsp3) is 0.333. The molecule has 1 rings (SSSR count). The first-order chi connectivity index (χ1) is 7.77. The number of benzene rings is 1. The fourth-order valence-corrected chi connectivity index (χ4v) is 2.79. The van der Waals surface area contributed by atoms with Crippen LogP contribution in [0.2, 0.25) is 0 Å². The van der Waals surface area contributed by atoms with Crippen LogP contribution in [0.4, 0.5) is 18.9 Å². The number of hydrogen-bond donors (Lipinski definition) is 0. The van der Waals surface area contributed by atoms with Crippen molar-refractivity contribution < 1.29 is 18.1 Å². The van der Waals surface area contributed by atoms with E-state index in [0.717, 1.165) is 17.8 Å². The summed E-state index contributed by atoms with van der Waals surface area (Å²) in [4.78, 5) is 9.64. The van der Waals surface area contributed by atoms with E-state index < -0.39 is 22.4 Å². The molecule has 0 aliphatic carbocycles. The minimum atomic E-state index is -4.61. The summed E-state index contributed by atoms with van der Waals surface area (Å²) in [7, 11) is 0. The van der Waals surface area contributed by atoms with Crippen LogP contribution >= 0.6 is 27.7 Å². The molecular weight excluding hydrogens is 323 g/mol. The molecule has 0 bridgehead atoms. The number of non-ortho nitro benzene ring substituents is 1. The van der Waals surface area contributed by atoms with Gasteiger partial charge in [-0.15, -0.1) is 11.8 Å². The largest absolute Gasteiger partial charge is 0.417 e. The van der Waals surface area contributed by atoms with E-state index in [1.165, 1.54) is 0 Å². The minimum Gasteiger partial charge on any atom is -0.258 e. The molecule has 0 aliphatic rings. The smallest absolute Gasteiger partial charge is 0.258 e. The lowest BCUT2D eigenvalue weighted by Crippen LogP contribution is -2.08. The summed E-state index contributed by atoms with van der Waals surface area (Å²) >= 11 is 3.92. The van der Waals surface area contributed by atoms with Crippen LogP contribution in [0.25, 0.3) is 0 Å². The van der Waals surface area contributed by atoms with Crippen LogP contribution in [-0.2, 0) is 6.18 Å². The van der Waals surface area contributed by atoms with Crippen LogP contribution < -0.4 is 0 Å². The molecule has 1 aromatic rings. The van der Waals surface area contributed by atoms with Gasteiger partial charge < -0.3 is 0 Å². The standard InChI is InChI=1S/C9H7BrF3NO2S/c1-2-17-8-6(9(11,12)13)3-5(14(15)16)4-7(8)10/h3-4H,2H2,1H3. The van der Waals surface area contributed by atoms with E-state index in [2.05, 4.69) is 15.9 Å². The van der Waals surface area contributed by atoms with Crippen LogP contribution in [0.1, 0.15) is 12.5 Å². The lowest BCUT2D eigenvalue weighted by molar-refractivity contribution is -0.385. The zero-order valence-electron chi connectivity index (χ0n) is 8.55. The van der Waals surface area contributed by atoms with E-state index in [1.807, 2.05) is 0 Å². The van der Waals surface area contributed by atoms with Crippen molar-refractivity contribution in [2.75, 3.05) is 5.75 Å². The molecule has 94 valence electrons. The second-order valence-corrected chi connectivity index (χ2v) is 5.12. The first-order valence-electron chi connectivity index (χ1n) is 4.45. The molecule has 3 nitrogen and oxygen atoms in total. The van der Waals surface area contributed by atoms with Gasteiger partial charge in [0.2, 0.25) is 0 Å². The van der Waals surface area contributed by atoms with Crippen molar-refractivity contribution >= 4 is 33.4 Å². The van der Waals surface area contributed by atoms with Gasteiger partial charge in [0.25, 0.3) is 5.69 Å². The third-order valence-electron chi connectivity index (χ3n) is 1.83. The van der Waals surface area contributed by atoms with Gasteiger partial charge in [-0.05, 0) is 21.7 Å². The predicted octanol–water partition coefficient (Wildman–Crippen LogP) is 4.49. The molecule has 17 heavy (non-hydrogen) atoms. The lowest BCUT2D eigenvalue weighted by Gasteiger charge is -2.13. The molecule has 0 unspecified atom stereocenters. The molecule has 0 atom stereocenters. The quantitative estimate of drug-likeness (QED) is 0.466. The first kappa shape index (κ1) is 14.3. The Morgan fingerprint density at radius 2 is 2.06 bits per heavy atom. The molecule has 0 N–H and O–H groups in total. The van der Waals surface area contributed by atoms with Gasteiger partial charge in [-0.2, -0.15) is 13.2 Å². The summed E-state index contributed by atoms with van der Waals surface area (Å²) in [6, 6.07) is 1.63. The van der Waals surface area contributed by atoms with Gasteiger partial charge in [-0.3, -0.25) is 10.1 Å². The van der Waals surface area contributed by atoms with Gasteiger partial charge in [0, 0.05) is 21.5 Å². The maximum absolute atomic E-state index is 12.7. The average molecular weight is 330 g/mol. The molecule has 8 heteroatoms. The number of nitrogens with zero attached hydrogens (tertiary/aromatic N) is 1. The second-order valence-electron chi connectivity index (χ2n) is 2.99. The van der Waals surface area contributed by atoms with E-state index in [4.69, 9.17) is 0 Å². The molecule has 0 aliphatic heterocycles. The summed E-state index contributed by atoms with van der Waals surface area (Å²) < 4.78 is 38.3. The van der Waals surface area contributed by atoms with Gasteiger partial charge in [0.15, 0.2) is 0 Å². The molecule has 0 saturated heterocycles. The van der Waals surface area contributed by atoms with Crippen LogP contribution in [-0.4, -0.2) is 10.7 Å². The molecule has 0 heterocycles. The Kier molecular flexibility index (Phi) is 4.42. The number of hydrogen-bond acceptors (Lipinski definition) is 3. The zero-order chi connectivity index (χ0) is 13.2. The Hall–Kier alpha value is -0.760. The van der Waals surface area contributed by atoms with E-state index in [9.17, 15) is 23.3 Å². The number of thioether (sulfide) groups is 1. The summed E-state index contributed by atoms with van der Waals surface area (Å²) in [6.45, 7) is 1.71. The highest BCUT2D eigenvalue weighted by molar-refractivity contribution is 9.10. The van der Waals surface area contributed by atoms with Crippen molar-refractivity contribution in [2.45, 2.75) is 18.0 Å². The van der Waals surface area contributed by atoms with Crippen molar-refractivity contribution in [1.82, 2.24) is 0 Å². The van der Waals surface area contributed by atoms with Crippen molar-refractivity contribution in [3.05, 3.63) is 32.3 Å². The van der Waals surface area contributed by atoms with Crippen molar-refractivity contribution in [3.63, 3.8) is 0 Å². The molecule has 0 fully saturated rings. The van der Waals surface area contributed by atoms with Gasteiger partial charge in [0.05, 0.1) is 10.5 Å². The van der Waals surface area contributed by atoms with Crippen molar-refractivity contribution in [2.24, 2.45) is 0 Å². The van der Waals surface area contributed by atoms with Crippen LogP contribution in [0.15, 0.2) is 21.5 Å². The van der Waals surface area contributed by atoms with Gasteiger partial charge in [0.1, 0.15) is 0 Å². The fourth-order valence-electron chi connectivity index (χ4n) is 1.19. The summed E-state index contributed by atoms with van der Waals surface area (Å²) in [6.07, 6.45) is -4.61. The van der Waals surface area contributed by atoms with E-state index in [-0.39, 0.29) is 9.37 Å². The molecule has 0 amide bonds. The SMILES string of the molecule is CCSc1c(Br)cc([N+](=O)[O-])cc1C(F)(F)F. The third-order valence-corrected chi connectivity index (χ3v) is 3.74. The molecule has 0 spiro atoms. The Morgan fingerprint density at radius 1 is 1.47 bits per heavy atom. The Balaban J connectivity index is 3.45. The Bertz CT molecular complexity index is 451. The normalized spacial score (nSPS) is 11.6.